The van der Waals surface area contributed by atoms with Crippen molar-refractivity contribution in [2.24, 2.45) is 5.92 Å². The third-order valence-corrected chi connectivity index (χ3v) is 5.33. The molecule has 1 fully saturated rings. The van der Waals surface area contributed by atoms with E-state index < -0.39 is 0 Å². The maximum atomic E-state index is 9.96. The second-order valence-electron chi connectivity index (χ2n) is 7.16. The van der Waals surface area contributed by atoms with Crippen LogP contribution in [0.15, 0.2) is 72.9 Å². The van der Waals surface area contributed by atoms with Crippen molar-refractivity contribution < 1.29 is 9.84 Å². The van der Waals surface area contributed by atoms with Crippen LogP contribution >= 0.6 is 0 Å². The molecule has 3 aromatic rings. The molecular formula is C23H25N3O2. The van der Waals surface area contributed by atoms with E-state index in [1.165, 1.54) is 5.56 Å². The van der Waals surface area contributed by atoms with Crippen LogP contribution in [0.4, 0.5) is 5.95 Å². The van der Waals surface area contributed by atoms with Crippen molar-refractivity contribution in [1.29, 1.82) is 0 Å². The fraction of sp³-hybridized carbons (Fsp3) is 0.304. The van der Waals surface area contributed by atoms with Crippen molar-refractivity contribution in [3.8, 4) is 5.88 Å². The normalized spacial score (nSPS) is 19.4. The maximum Gasteiger partial charge on any atom is 0.228 e. The highest BCUT2D eigenvalue weighted by molar-refractivity contribution is 5.35. The van der Waals surface area contributed by atoms with Crippen molar-refractivity contribution in [3.63, 3.8) is 0 Å². The van der Waals surface area contributed by atoms with Gasteiger partial charge in [-0.25, -0.2) is 4.98 Å². The van der Waals surface area contributed by atoms with Gasteiger partial charge in [0.25, 0.3) is 0 Å². The summed E-state index contributed by atoms with van der Waals surface area (Å²) in [6.07, 6.45) is 2.70. The monoisotopic (exact) mass is 375 g/mol. The molecule has 0 aliphatic carbocycles. The standard InChI is InChI=1S/C23H25N3O2/c27-16-20-15-26(14-12-21(20)19-9-5-2-6-10-19)23-24-13-11-22(25-23)28-17-18-7-3-1-4-8-18/h1-11,13,20-21,27H,12,14-17H2/t20-,21+/m1/s1. The number of piperidine rings is 1. The number of nitrogens with zero attached hydrogens (tertiary/aromatic N) is 3. The van der Waals surface area contributed by atoms with Crippen molar-refractivity contribution in [2.45, 2.75) is 18.9 Å². The molecule has 1 aliphatic heterocycles. The van der Waals surface area contributed by atoms with Gasteiger partial charge in [0.15, 0.2) is 0 Å². The van der Waals surface area contributed by atoms with Crippen LogP contribution in [0, 0.1) is 5.92 Å². The molecule has 1 aliphatic rings. The van der Waals surface area contributed by atoms with Crippen molar-refractivity contribution in [2.75, 3.05) is 24.6 Å². The predicted molar refractivity (Wildman–Crippen MR) is 109 cm³/mol. The van der Waals surface area contributed by atoms with Gasteiger partial charge < -0.3 is 14.7 Å². The van der Waals surface area contributed by atoms with Gasteiger partial charge >= 0.3 is 0 Å². The minimum Gasteiger partial charge on any atom is -0.473 e. The summed E-state index contributed by atoms with van der Waals surface area (Å²) in [6.45, 7) is 2.23. The smallest absolute Gasteiger partial charge is 0.228 e. The molecule has 2 atom stereocenters. The molecule has 144 valence electrons. The molecule has 2 heterocycles. The first-order chi connectivity index (χ1) is 13.8. The van der Waals surface area contributed by atoms with Gasteiger partial charge in [0, 0.05) is 37.9 Å². The SMILES string of the molecule is OC[C@H]1CN(c2nccc(OCc3ccccc3)n2)CC[C@H]1c1ccccc1. The van der Waals surface area contributed by atoms with Gasteiger partial charge in [-0.15, -0.1) is 0 Å². The number of hydrogen-bond donors (Lipinski definition) is 1. The van der Waals surface area contributed by atoms with E-state index in [4.69, 9.17) is 4.74 Å². The van der Waals surface area contributed by atoms with Crippen LogP contribution in [0.1, 0.15) is 23.5 Å². The Hall–Kier alpha value is -2.92. The molecule has 2 aromatic carbocycles. The summed E-state index contributed by atoms with van der Waals surface area (Å²) >= 11 is 0. The Morgan fingerprint density at radius 3 is 2.50 bits per heavy atom. The maximum absolute atomic E-state index is 9.96. The summed E-state index contributed by atoms with van der Waals surface area (Å²) in [7, 11) is 0. The van der Waals surface area contributed by atoms with Gasteiger partial charge in [0.05, 0.1) is 0 Å². The lowest BCUT2D eigenvalue weighted by molar-refractivity contribution is 0.189. The van der Waals surface area contributed by atoms with Crippen LogP contribution in [0.3, 0.4) is 0 Å². The van der Waals surface area contributed by atoms with E-state index in [9.17, 15) is 5.11 Å². The molecule has 4 rings (SSSR count). The molecular weight excluding hydrogens is 350 g/mol. The molecule has 1 aromatic heterocycles. The lowest BCUT2D eigenvalue weighted by atomic mass is 9.81. The first-order valence-electron chi connectivity index (χ1n) is 9.74. The largest absolute Gasteiger partial charge is 0.473 e. The lowest BCUT2D eigenvalue weighted by Gasteiger charge is -2.38. The number of aromatic nitrogens is 2. The molecule has 0 unspecified atom stereocenters. The van der Waals surface area contributed by atoms with E-state index in [1.807, 2.05) is 36.4 Å². The number of ether oxygens (including phenoxy) is 1. The molecule has 0 bridgehead atoms. The van der Waals surface area contributed by atoms with Crippen molar-refractivity contribution in [1.82, 2.24) is 9.97 Å². The fourth-order valence-corrected chi connectivity index (χ4v) is 3.83. The number of benzene rings is 2. The summed E-state index contributed by atoms with van der Waals surface area (Å²) in [4.78, 5) is 11.2. The van der Waals surface area contributed by atoms with Gasteiger partial charge in [0.2, 0.25) is 11.8 Å². The minimum atomic E-state index is 0.153. The summed E-state index contributed by atoms with van der Waals surface area (Å²) in [5, 5.41) is 9.96. The zero-order valence-corrected chi connectivity index (χ0v) is 15.8. The number of aliphatic hydroxyl groups excluding tert-OH is 1. The Bertz CT molecular complexity index is 873. The van der Waals surface area contributed by atoms with Crippen LogP contribution in [0.2, 0.25) is 0 Å². The molecule has 1 N–H and O–H groups in total. The van der Waals surface area contributed by atoms with Crippen LogP contribution in [-0.4, -0.2) is 34.8 Å². The van der Waals surface area contributed by atoms with Crippen molar-refractivity contribution >= 4 is 5.95 Å². The topological polar surface area (TPSA) is 58.5 Å². The van der Waals surface area contributed by atoms with Crippen LogP contribution in [0.25, 0.3) is 0 Å². The highest BCUT2D eigenvalue weighted by Gasteiger charge is 2.31. The quantitative estimate of drug-likeness (QED) is 0.713. The first kappa shape index (κ1) is 18.4. The zero-order valence-electron chi connectivity index (χ0n) is 15.8. The molecule has 0 radical (unpaired) electrons. The van der Waals surface area contributed by atoms with E-state index in [0.29, 0.717) is 24.4 Å². The second-order valence-corrected chi connectivity index (χ2v) is 7.16. The number of hydrogen-bond acceptors (Lipinski definition) is 5. The summed E-state index contributed by atoms with van der Waals surface area (Å²) in [6, 6.07) is 22.3. The molecule has 5 nitrogen and oxygen atoms in total. The number of anilines is 1. The van der Waals surface area contributed by atoms with E-state index in [2.05, 4.69) is 39.1 Å². The number of aliphatic hydroxyl groups is 1. The predicted octanol–water partition coefficient (Wildman–Crippen LogP) is 3.66. The highest BCUT2D eigenvalue weighted by atomic mass is 16.5. The summed E-state index contributed by atoms with van der Waals surface area (Å²) < 4.78 is 5.84. The average Bonchev–Trinajstić information content (AvgIpc) is 2.79. The summed E-state index contributed by atoms with van der Waals surface area (Å²) in [5.41, 5.74) is 2.40. The van der Waals surface area contributed by atoms with E-state index >= 15 is 0 Å². The summed E-state index contributed by atoms with van der Waals surface area (Å²) in [5.74, 6) is 1.75. The first-order valence-corrected chi connectivity index (χ1v) is 9.74. The fourth-order valence-electron chi connectivity index (χ4n) is 3.83. The second kappa shape index (κ2) is 8.85. The van der Waals surface area contributed by atoms with E-state index in [1.54, 1.807) is 12.3 Å². The van der Waals surface area contributed by atoms with Crippen molar-refractivity contribution in [3.05, 3.63) is 84.1 Å². The Labute approximate surface area is 165 Å². The van der Waals surface area contributed by atoms with Gasteiger partial charge in [-0.3, -0.25) is 0 Å². The van der Waals surface area contributed by atoms with Crippen LogP contribution < -0.4 is 9.64 Å². The van der Waals surface area contributed by atoms with Gasteiger partial charge in [0.1, 0.15) is 6.61 Å². The minimum absolute atomic E-state index is 0.153. The zero-order chi connectivity index (χ0) is 19.2. The Morgan fingerprint density at radius 1 is 1.00 bits per heavy atom. The molecule has 0 spiro atoms. The molecule has 1 saturated heterocycles. The Morgan fingerprint density at radius 2 is 1.75 bits per heavy atom. The number of rotatable bonds is 6. The van der Waals surface area contributed by atoms with Gasteiger partial charge in [-0.1, -0.05) is 60.7 Å². The molecule has 28 heavy (non-hydrogen) atoms. The van der Waals surface area contributed by atoms with Crippen LogP contribution in [-0.2, 0) is 6.61 Å². The molecule has 0 saturated carbocycles. The molecule has 5 heteroatoms. The lowest BCUT2D eigenvalue weighted by Crippen LogP contribution is -2.42. The Kier molecular flexibility index (Phi) is 5.83. The third kappa shape index (κ3) is 4.31. The molecule has 0 amide bonds. The van der Waals surface area contributed by atoms with Gasteiger partial charge in [-0.05, 0) is 23.5 Å². The van der Waals surface area contributed by atoms with Crippen LogP contribution in [0.5, 0.6) is 5.88 Å². The van der Waals surface area contributed by atoms with E-state index in [-0.39, 0.29) is 12.5 Å². The Balaban J connectivity index is 1.43. The van der Waals surface area contributed by atoms with Gasteiger partial charge in [-0.2, -0.15) is 4.98 Å². The average molecular weight is 375 g/mol. The highest BCUT2D eigenvalue weighted by Crippen LogP contribution is 2.34. The third-order valence-electron chi connectivity index (χ3n) is 5.33. The van der Waals surface area contributed by atoms with E-state index in [0.717, 1.165) is 25.1 Å².